The zero-order valence-corrected chi connectivity index (χ0v) is 18.0. The number of thioether (sulfide) groups is 1. The van der Waals surface area contributed by atoms with Crippen LogP contribution in [0, 0.1) is 0 Å². The van der Waals surface area contributed by atoms with E-state index in [4.69, 9.17) is 0 Å². The Morgan fingerprint density at radius 1 is 1.17 bits per heavy atom. The summed E-state index contributed by atoms with van der Waals surface area (Å²) < 4.78 is -0.497. The molecule has 1 aromatic heterocycles. The van der Waals surface area contributed by atoms with Crippen LogP contribution >= 0.6 is 11.8 Å². The third-order valence-electron chi connectivity index (χ3n) is 6.00. The summed E-state index contributed by atoms with van der Waals surface area (Å²) in [5, 5.41) is 5.43. The van der Waals surface area contributed by atoms with Gasteiger partial charge in [0.2, 0.25) is 11.8 Å². The quantitative estimate of drug-likeness (QED) is 0.770. The first-order valence-electron chi connectivity index (χ1n) is 9.84. The molecule has 2 aliphatic rings. The monoisotopic (exact) mass is 424 g/mol. The van der Waals surface area contributed by atoms with Gasteiger partial charge in [-0.25, -0.2) is 0 Å². The Hall–Kier alpha value is -2.87. The SMILES string of the molecule is CC1(C)S[C@H]2c3ccccc3C(=O)N2[C@]1(C)C(=O)NCCC(=O)Nc1cccnc1. The first-order chi connectivity index (χ1) is 14.3. The smallest absolute Gasteiger partial charge is 0.256 e. The predicted octanol–water partition coefficient (Wildman–Crippen LogP) is 2.97. The highest BCUT2D eigenvalue weighted by Crippen LogP contribution is 2.61. The molecular weight excluding hydrogens is 400 g/mol. The van der Waals surface area contributed by atoms with Crippen molar-refractivity contribution >= 4 is 35.2 Å². The highest BCUT2D eigenvalue weighted by atomic mass is 32.2. The highest BCUT2D eigenvalue weighted by Gasteiger charge is 2.65. The largest absolute Gasteiger partial charge is 0.354 e. The number of carbonyl (C=O) groups is 3. The van der Waals surface area contributed by atoms with E-state index in [0.717, 1.165) is 5.56 Å². The molecule has 2 aromatic rings. The highest BCUT2D eigenvalue weighted by molar-refractivity contribution is 8.01. The number of carbonyl (C=O) groups excluding carboxylic acids is 3. The van der Waals surface area contributed by atoms with Crippen LogP contribution < -0.4 is 10.6 Å². The van der Waals surface area contributed by atoms with Gasteiger partial charge in [0.1, 0.15) is 10.9 Å². The van der Waals surface area contributed by atoms with E-state index < -0.39 is 10.3 Å². The van der Waals surface area contributed by atoms with E-state index in [2.05, 4.69) is 15.6 Å². The maximum absolute atomic E-state index is 13.3. The summed E-state index contributed by atoms with van der Waals surface area (Å²) in [6.07, 6.45) is 3.32. The summed E-state index contributed by atoms with van der Waals surface area (Å²) in [6.45, 7) is 5.97. The first kappa shape index (κ1) is 20.4. The van der Waals surface area contributed by atoms with Gasteiger partial charge >= 0.3 is 0 Å². The van der Waals surface area contributed by atoms with E-state index in [1.54, 1.807) is 41.2 Å². The van der Waals surface area contributed by atoms with Crippen LogP contribution in [0.2, 0.25) is 0 Å². The molecule has 156 valence electrons. The van der Waals surface area contributed by atoms with E-state index in [0.29, 0.717) is 11.3 Å². The predicted molar refractivity (Wildman–Crippen MR) is 116 cm³/mol. The van der Waals surface area contributed by atoms with Crippen molar-refractivity contribution in [1.29, 1.82) is 0 Å². The number of amides is 3. The van der Waals surface area contributed by atoms with Crippen molar-refractivity contribution in [3.05, 3.63) is 59.9 Å². The van der Waals surface area contributed by atoms with Gasteiger partial charge in [0, 0.05) is 29.5 Å². The van der Waals surface area contributed by atoms with Gasteiger partial charge in [-0.1, -0.05) is 18.2 Å². The number of nitrogens with zero attached hydrogens (tertiary/aromatic N) is 2. The molecule has 0 bridgehead atoms. The number of hydrogen-bond donors (Lipinski definition) is 2. The molecule has 4 rings (SSSR count). The lowest BCUT2D eigenvalue weighted by Gasteiger charge is -2.40. The van der Waals surface area contributed by atoms with E-state index in [-0.39, 0.29) is 36.1 Å². The molecule has 3 amide bonds. The molecule has 0 aliphatic carbocycles. The summed E-state index contributed by atoms with van der Waals surface area (Å²) in [4.78, 5) is 44.2. The number of rotatable bonds is 5. The van der Waals surface area contributed by atoms with E-state index in [9.17, 15) is 14.4 Å². The summed E-state index contributed by atoms with van der Waals surface area (Å²) in [5.74, 6) is -0.588. The standard InChI is InChI=1S/C22H24N4O3S/c1-21(2)22(3,26-18(28)15-8-4-5-9-16(15)19(26)30-21)20(29)24-12-10-17(27)25-14-7-6-11-23-13-14/h4-9,11,13,19H,10,12H2,1-3H3,(H,24,29)(H,25,27)/t19-,22+/m0/s1. The van der Waals surface area contributed by atoms with Gasteiger partial charge in [-0.3, -0.25) is 19.4 Å². The second kappa shape index (κ2) is 7.43. The lowest BCUT2D eigenvalue weighted by molar-refractivity contribution is -0.132. The molecule has 2 N–H and O–H groups in total. The number of anilines is 1. The minimum Gasteiger partial charge on any atom is -0.354 e. The van der Waals surface area contributed by atoms with Crippen LogP contribution in [0.15, 0.2) is 48.8 Å². The molecule has 8 heteroatoms. The van der Waals surface area contributed by atoms with Gasteiger partial charge in [0.25, 0.3) is 5.91 Å². The topological polar surface area (TPSA) is 91.4 Å². The van der Waals surface area contributed by atoms with Gasteiger partial charge in [0.05, 0.1) is 11.9 Å². The zero-order valence-electron chi connectivity index (χ0n) is 17.1. The fourth-order valence-electron chi connectivity index (χ4n) is 4.02. The van der Waals surface area contributed by atoms with Crippen LogP contribution in [-0.4, -0.2) is 44.4 Å². The number of aromatic nitrogens is 1. The molecule has 7 nitrogen and oxygen atoms in total. The van der Waals surface area contributed by atoms with Crippen LogP contribution in [0.4, 0.5) is 5.69 Å². The maximum atomic E-state index is 13.3. The Labute approximate surface area is 179 Å². The van der Waals surface area contributed by atoms with Crippen molar-refractivity contribution in [3.63, 3.8) is 0 Å². The van der Waals surface area contributed by atoms with Gasteiger partial charge in [0.15, 0.2) is 0 Å². The van der Waals surface area contributed by atoms with Crippen molar-refractivity contribution in [2.24, 2.45) is 0 Å². The Bertz CT molecular complexity index is 1010. The summed E-state index contributed by atoms with van der Waals surface area (Å²) >= 11 is 1.62. The third kappa shape index (κ3) is 3.15. The molecule has 2 atom stereocenters. The van der Waals surface area contributed by atoms with Gasteiger partial charge in [-0.15, -0.1) is 11.8 Å². The van der Waals surface area contributed by atoms with Crippen molar-refractivity contribution in [1.82, 2.24) is 15.2 Å². The normalized spacial score (nSPS) is 23.6. The van der Waals surface area contributed by atoms with E-state index in [1.807, 2.05) is 45.0 Å². The molecule has 0 spiro atoms. The minimum atomic E-state index is -1.04. The number of hydrogen-bond acceptors (Lipinski definition) is 5. The Morgan fingerprint density at radius 2 is 1.93 bits per heavy atom. The first-order valence-corrected chi connectivity index (χ1v) is 10.7. The van der Waals surface area contributed by atoms with Crippen LogP contribution in [0.25, 0.3) is 0 Å². The molecule has 1 aromatic carbocycles. The van der Waals surface area contributed by atoms with Crippen LogP contribution in [0.1, 0.15) is 48.5 Å². The fraction of sp³-hybridized carbons (Fsp3) is 0.364. The van der Waals surface area contributed by atoms with Crippen molar-refractivity contribution in [3.8, 4) is 0 Å². The molecule has 1 saturated heterocycles. The number of fused-ring (bicyclic) bond motifs is 3. The zero-order chi connectivity index (χ0) is 21.5. The van der Waals surface area contributed by atoms with Crippen LogP contribution in [0.3, 0.4) is 0 Å². The van der Waals surface area contributed by atoms with Crippen molar-refractivity contribution in [2.75, 3.05) is 11.9 Å². The Balaban J connectivity index is 1.45. The second-order valence-electron chi connectivity index (χ2n) is 8.11. The van der Waals surface area contributed by atoms with Gasteiger partial charge < -0.3 is 15.5 Å². The van der Waals surface area contributed by atoms with Crippen molar-refractivity contribution < 1.29 is 14.4 Å². The number of nitrogens with one attached hydrogen (secondary N) is 2. The second-order valence-corrected chi connectivity index (χ2v) is 9.81. The summed E-state index contributed by atoms with van der Waals surface area (Å²) in [6, 6.07) is 11.0. The average molecular weight is 425 g/mol. The van der Waals surface area contributed by atoms with Gasteiger partial charge in [-0.05, 0) is 44.5 Å². The number of pyridine rings is 1. The molecule has 30 heavy (non-hydrogen) atoms. The van der Waals surface area contributed by atoms with Crippen LogP contribution in [-0.2, 0) is 9.59 Å². The van der Waals surface area contributed by atoms with Gasteiger partial charge in [-0.2, -0.15) is 0 Å². The van der Waals surface area contributed by atoms with Crippen molar-refractivity contribution in [2.45, 2.75) is 42.9 Å². The summed E-state index contributed by atoms with van der Waals surface area (Å²) in [7, 11) is 0. The summed E-state index contributed by atoms with van der Waals surface area (Å²) in [5.41, 5.74) is 1.17. The fourth-order valence-corrected chi connectivity index (χ4v) is 5.75. The van der Waals surface area contributed by atoms with Crippen LogP contribution in [0.5, 0.6) is 0 Å². The Kier molecular flexibility index (Phi) is 5.05. The molecule has 0 saturated carbocycles. The lowest BCUT2D eigenvalue weighted by atomic mass is 9.84. The lowest BCUT2D eigenvalue weighted by Crippen LogP contribution is -2.63. The maximum Gasteiger partial charge on any atom is 0.256 e. The number of benzene rings is 1. The molecular formula is C22H24N4O3S. The Morgan fingerprint density at radius 3 is 2.67 bits per heavy atom. The van der Waals surface area contributed by atoms with E-state index >= 15 is 0 Å². The molecule has 3 heterocycles. The average Bonchev–Trinajstić information content (AvgIpc) is 3.11. The molecule has 0 unspecified atom stereocenters. The van der Waals surface area contributed by atoms with E-state index in [1.165, 1.54) is 0 Å². The third-order valence-corrected chi connectivity index (χ3v) is 7.67. The molecule has 2 aliphatic heterocycles. The molecule has 0 radical (unpaired) electrons. The molecule has 1 fully saturated rings. The minimum absolute atomic E-state index is 0.124.